The summed E-state index contributed by atoms with van der Waals surface area (Å²) in [6, 6.07) is 6.24. The molecule has 0 aromatic heterocycles. The Morgan fingerprint density at radius 1 is 1.17 bits per heavy atom. The zero-order valence-electron chi connectivity index (χ0n) is 11.5. The SMILES string of the molecule is Cc1ccc(C(O)C2CC(C)CC(C)C2)c(Br)c1. The lowest BCUT2D eigenvalue weighted by Gasteiger charge is -2.34. The van der Waals surface area contributed by atoms with Gasteiger partial charge in [0.2, 0.25) is 0 Å². The van der Waals surface area contributed by atoms with Gasteiger partial charge in [0.15, 0.2) is 0 Å². The summed E-state index contributed by atoms with van der Waals surface area (Å²) in [5.74, 6) is 1.87. The van der Waals surface area contributed by atoms with Gasteiger partial charge in [-0.3, -0.25) is 0 Å². The molecule has 0 heterocycles. The first-order valence-electron chi connectivity index (χ1n) is 6.91. The van der Waals surface area contributed by atoms with Gasteiger partial charge in [0.1, 0.15) is 0 Å². The minimum absolute atomic E-state index is 0.329. The third-order valence-electron chi connectivity index (χ3n) is 4.14. The zero-order valence-corrected chi connectivity index (χ0v) is 13.1. The van der Waals surface area contributed by atoms with Crippen LogP contribution in [-0.4, -0.2) is 5.11 Å². The highest BCUT2D eigenvalue weighted by atomic mass is 79.9. The van der Waals surface area contributed by atoms with Gasteiger partial charge in [0, 0.05) is 4.47 Å². The molecule has 0 saturated heterocycles. The van der Waals surface area contributed by atoms with E-state index in [-0.39, 0.29) is 6.10 Å². The van der Waals surface area contributed by atoms with Crippen LogP contribution in [0.1, 0.15) is 50.3 Å². The van der Waals surface area contributed by atoms with Gasteiger partial charge in [-0.15, -0.1) is 0 Å². The molecule has 1 aliphatic carbocycles. The van der Waals surface area contributed by atoms with Crippen molar-refractivity contribution < 1.29 is 5.11 Å². The van der Waals surface area contributed by atoms with E-state index in [1.807, 2.05) is 0 Å². The van der Waals surface area contributed by atoms with Crippen molar-refractivity contribution in [2.24, 2.45) is 17.8 Å². The average Bonchev–Trinajstić information content (AvgIpc) is 2.26. The van der Waals surface area contributed by atoms with E-state index in [1.54, 1.807) is 0 Å². The molecular formula is C16H23BrO. The summed E-state index contributed by atoms with van der Waals surface area (Å²) in [6.45, 7) is 6.69. The molecule has 0 amide bonds. The molecule has 18 heavy (non-hydrogen) atoms. The molecule has 1 aromatic carbocycles. The number of aryl methyl sites for hydroxylation is 1. The van der Waals surface area contributed by atoms with Gasteiger partial charge in [-0.05, 0) is 61.1 Å². The molecule has 1 N–H and O–H groups in total. The van der Waals surface area contributed by atoms with E-state index >= 15 is 0 Å². The second-order valence-corrected chi connectivity index (χ2v) is 7.00. The van der Waals surface area contributed by atoms with Crippen molar-refractivity contribution in [1.82, 2.24) is 0 Å². The van der Waals surface area contributed by atoms with Crippen LogP contribution in [0.15, 0.2) is 22.7 Å². The average molecular weight is 311 g/mol. The molecule has 1 saturated carbocycles. The summed E-state index contributed by atoms with van der Waals surface area (Å²) in [4.78, 5) is 0. The number of rotatable bonds is 2. The topological polar surface area (TPSA) is 20.2 Å². The standard InChI is InChI=1S/C16H23BrO/c1-10-4-5-14(15(17)9-10)16(18)13-7-11(2)6-12(3)8-13/h4-5,9,11-13,16,18H,6-8H2,1-3H3. The van der Waals surface area contributed by atoms with Gasteiger partial charge in [-0.2, -0.15) is 0 Å². The van der Waals surface area contributed by atoms with Crippen LogP contribution < -0.4 is 0 Å². The maximum Gasteiger partial charge on any atom is 0.0829 e. The molecule has 0 bridgehead atoms. The van der Waals surface area contributed by atoms with E-state index < -0.39 is 0 Å². The fourth-order valence-corrected chi connectivity index (χ4v) is 4.12. The van der Waals surface area contributed by atoms with E-state index in [9.17, 15) is 5.11 Å². The first-order chi connectivity index (χ1) is 8.47. The summed E-state index contributed by atoms with van der Waals surface area (Å²) in [7, 11) is 0. The van der Waals surface area contributed by atoms with Crippen LogP contribution in [0.2, 0.25) is 0 Å². The first kappa shape index (κ1) is 14.1. The molecule has 0 radical (unpaired) electrons. The molecule has 1 fully saturated rings. The molecule has 2 heteroatoms. The zero-order chi connectivity index (χ0) is 13.3. The summed E-state index contributed by atoms with van der Waals surface area (Å²) in [5, 5.41) is 10.6. The van der Waals surface area contributed by atoms with Crippen molar-refractivity contribution in [3.05, 3.63) is 33.8 Å². The van der Waals surface area contributed by atoms with Crippen molar-refractivity contribution in [3.8, 4) is 0 Å². The highest BCUT2D eigenvalue weighted by molar-refractivity contribution is 9.10. The number of hydrogen-bond acceptors (Lipinski definition) is 1. The molecule has 100 valence electrons. The molecule has 1 aliphatic rings. The smallest absolute Gasteiger partial charge is 0.0829 e. The second kappa shape index (κ2) is 5.75. The molecule has 2 rings (SSSR count). The lowest BCUT2D eigenvalue weighted by atomic mass is 9.73. The van der Waals surface area contributed by atoms with E-state index in [4.69, 9.17) is 0 Å². The van der Waals surface area contributed by atoms with Crippen LogP contribution in [0.5, 0.6) is 0 Å². The van der Waals surface area contributed by atoms with Gasteiger partial charge >= 0.3 is 0 Å². The Kier molecular flexibility index (Phi) is 4.50. The van der Waals surface area contributed by atoms with Crippen LogP contribution in [0.3, 0.4) is 0 Å². The van der Waals surface area contributed by atoms with Crippen molar-refractivity contribution in [1.29, 1.82) is 0 Å². The van der Waals surface area contributed by atoms with Crippen molar-refractivity contribution in [2.45, 2.75) is 46.1 Å². The summed E-state index contributed by atoms with van der Waals surface area (Å²) in [6.07, 6.45) is 3.26. The van der Waals surface area contributed by atoms with Crippen LogP contribution in [0.4, 0.5) is 0 Å². The van der Waals surface area contributed by atoms with Crippen LogP contribution in [0.25, 0.3) is 0 Å². The fraction of sp³-hybridized carbons (Fsp3) is 0.625. The summed E-state index contributed by atoms with van der Waals surface area (Å²) < 4.78 is 1.04. The van der Waals surface area contributed by atoms with E-state index in [1.165, 1.54) is 12.0 Å². The lowest BCUT2D eigenvalue weighted by Crippen LogP contribution is -2.24. The van der Waals surface area contributed by atoms with Crippen LogP contribution >= 0.6 is 15.9 Å². The number of aliphatic hydroxyl groups excluding tert-OH is 1. The Morgan fingerprint density at radius 3 is 2.33 bits per heavy atom. The first-order valence-corrected chi connectivity index (χ1v) is 7.70. The quantitative estimate of drug-likeness (QED) is 0.826. The second-order valence-electron chi connectivity index (χ2n) is 6.15. The van der Waals surface area contributed by atoms with Gasteiger partial charge in [0.05, 0.1) is 6.10 Å². The number of halogens is 1. The van der Waals surface area contributed by atoms with Crippen molar-refractivity contribution >= 4 is 15.9 Å². The summed E-state index contributed by atoms with van der Waals surface area (Å²) >= 11 is 3.58. The van der Waals surface area contributed by atoms with Crippen LogP contribution in [-0.2, 0) is 0 Å². The molecule has 0 aliphatic heterocycles. The minimum atomic E-state index is -0.329. The predicted molar refractivity (Wildman–Crippen MR) is 79.5 cm³/mol. The molecule has 0 spiro atoms. The molecule has 3 atom stereocenters. The lowest BCUT2D eigenvalue weighted by molar-refractivity contribution is 0.0547. The number of benzene rings is 1. The maximum atomic E-state index is 10.6. The highest BCUT2D eigenvalue weighted by Gasteiger charge is 2.30. The Bertz CT molecular complexity index is 406. The molecular weight excluding hydrogens is 288 g/mol. The molecule has 3 unspecified atom stereocenters. The molecule has 1 aromatic rings. The van der Waals surface area contributed by atoms with Gasteiger partial charge in [-0.1, -0.05) is 41.9 Å². The maximum absolute atomic E-state index is 10.6. The van der Waals surface area contributed by atoms with E-state index in [0.717, 1.165) is 34.7 Å². The summed E-state index contributed by atoms with van der Waals surface area (Å²) in [5.41, 5.74) is 2.27. The van der Waals surface area contributed by atoms with Gasteiger partial charge < -0.3 is 5.11 Å². The predicted octanol–water partition coefficient (Wildman–Crippen LogP) is 4.86. The highest BCUT2D eigenvalue weighted by Crippen LogP contribution is 2.41. The Balaban J connectivity index is 2.17. The Hall–Kier alpha value is -0.340. The van der Waals surface area contributed by atoms with E-state index in [2.05, 4.69) is 54.9 Å². The Morgan fingerprint density at radius 2 is 1.78 bits per heavy atom. The number of hydrogen-bond donors (Lipinski definition) is 1. The van der Waals surface area contributed by atoms with Crippen molar-refractivity contribution in [3.63, 3.8) is 0 Å². The normalized spacial score (nSPS) is 30.2. The van der Waals surface area contributed by atoms with Crippen molar-refractivity contribution in [2.75, 3.05) is 0 Å². The third kappa shape index (κ3) is 3.16. The minimum Gasteiger partial charge on any atom is -0.388 e. The van der Waals surface area contributed by atoms with Gasteiger partial charge in [-0.25, -0.2) is 0 Å². The van der Waals surface area contributed by atoms with Gasteiger partial charge in [0.25, 0.3) is 0 Å². The van der Waals surface area contributed by atoms with E-state index in [0.29, 0.717) is 5.92 Å². The monoisotopic (exact) mass is 310 g/mol. The fourth-order valence-electron chi connectivity index (χ4n) is 3.39. The third-order valence-corrected chi connectivity index (χ3v) is 4.82. The van der Waals surface area contributed by atoms with Crippen LogP contribution in [0, 0.1) is 24.7 Å². The molecule has 1 nitrogen and oxygen atoms in total. The number of aliphatic hydroxyl groups is 1. The largest absolute Gasteiger partial charge is 0.388 e. The Labute approximate surface area is 119 Å².